The number of aromatic amines is 1. The van der Waals surface area contributed by atoms with Crippen molar-refractivity contribution in [2.45, 2.75) is 35.8 Å². The molecule has 7 aromatic rings. The van der Waals surface area contributed by atoms with E-state index in [1.807, 2.05) is 182 Å². The van der Waals surface area contributed by atoms with Gasteiger partial charge in [-0.3, -0.25) is 14.3 Å². The fraction of sp³-hybridized carbons (Fsp3) is 0.149. The number of nitrogens with one attached hydrogen (secondary N) is 1. The van der Waals surface area contributed by atoms with Gasteiger partial charge in [0.2, 0.25) is 0 Å². The SMILES string of the molecule is O=c1ccn([C@@H]2O[C@H](COC(c3ccccc3)(c3ccccc3)c3ccccc3)[C@H](F)[C@H]2OC(c2ccccc2)(c2ccccc2)c2ccccc2)c(=O)[nH]1. The summed E-state index contributed by atoms with van der Waals surface area (Å²) in [5, 5.41) is 0. The molecule has 0 unspecified atom stereocenters. The minimum absolute atomic E-state index is 0.219. The lowest BCUT2D eigenvalue weighted by Crippen LogP contribution is -2.45. The quantitative estimate of drug-likeness (QED) is 0.128. The van der Waals surface area contributed by atoms with E-state index in [9.17, 15) is 9.59 Å². The molecular weight excluding hydrogens is 692 g/mol. The number of H-pyrrole nitrogens is 1. The molecule has 1 aliphatic rings. The molecule has 0 saturated carbocycles. The number of halogens is 1. The van der Waals surface area contributed by atoms with Gasteiger partial charge in [-0.25, -0.2) is 9.18 Å². The molecule has 1 fully saturated rings. The van der Waals surface area contributed by atoms with E-state index in [0.29, 0.717) is 0 Å². The van der Waals surface area contributed by atoms with E-state index < -0.39 is 47.1 Å². The Morgan fingerprint density at radius 3 is 1.27 bits per heavy atom. The number of ether oxygens (including phenoxy) is 3. The van der Waals surface area contributed by atoms with Crippen LogP contribution in [0.25, 0.3) is 0 Å². The van der Waals surface area contributed by atoms with Crippen LogP contribution in [0.15, 0.2) is 204 Å². The molecule has 8 rings (SSSR count). The van der Waals surface area contributed by atoms with Crippen molar-refractivity contribution in [2.75, 3.05) is 6.61 Å². The molecule has 0 spiro atoms. The minimum Gasteiger partial charge on any atom is -0.358 e. The van der Waals surface area contributed by atoms with Crippen molar-refractivity contribution in [3.63, 3.8) is 0 Å². The Balaban J connectivity index is 1.26. The summed E-state index contributed by atoms with van der Waals surface area (Å²) in [7, 11) is 0. The first-order chi connectivity index (χ1) is 27.0. The van der Waals surface area contributed by atoms with Crippen LogP contribution in [-0.2, 0) is 25.4 Å². The highest BCUT2D eigenvalue weighted by atomic mass is 19.1. The minimum atomic E-state index is -1.81. The third kappa shape index (κ3) is 6.76. The molecule has 8 heteroatoms. The smallest absolute Gasteiger partial charge is 0.330 e. The standard InChI is InChI=1S/C47H39FN2O5/c48-42-40(33-53-46(34-19-7-1-8-20-34,35-21-9-2-10-22-35)36-23-11-3-12-24-36)54-44(50-32-31-41(51)49-45(50)52)43(42)55-47(37-25-13-4-14-26-37,38-27-15-5-16-28-38)39-29-17-6-18-30-39/h1-32,40,42-44H,33H2,(H,49,51,52)/t40-,42+,43-,44-/m1/s1. The molecule has 1 aliphatic heterocycles. The maximum Gasteiger partial charge on any atom is 0.330 e. The van der Waals surface area contributed by atoms with E-state index in [4.69, 9.17) is 14.2 Å². The Morgan fingerprint density at radius 1 is 0.545 bits per heavy atom. The number of hydrogen-bond donors (Lipinski definition) is 1. The van der Waals surface area contributed by atoms with Gasteiger partial charge in [0, 0.05) is 12.3 Å². The van der Waals surface area contributed by atoms with Crippen LogP contribution in [0.1, 0.15) is 39.6 Å². The van der Waals surface area contributed by atoms with Crippen LogP contribution in [-0.4, -0.2) is 34.5 Å². The van der Waals surface area contributed by atoms with Crippen LogP contribution in [0.2, 0.25) is 0 Å². The zero-order valence-corrected chi connectivity index (χ0v) is 29.9. The van der Waals surface area contributed by atoms with Crippen LogP contribution in [0, 0.1) is 0 Å². The molecule has 6 aromatic carbocycles. The molecule has 7 nitrogen and oxygen atoms in total. The second kappa shape index (κ2) is 15.7. The van der Waals surface area contributed by atoms with Crippen molar-refractivity contribution in [3.8, 4) is 0 Å². The third-order valence-electron chi connectivity index (χ3n) is 10.2. The molecule has 55 heavy (non-hydrogen) atoms. The van der Waals surface area contributed by atoms with E-state index in [1.54, 1.807) is 0 Å². The Bertz CT molecular complexity index is 2220. The number of benzene rings is 6. The number of nitrogens with zero attached hydrogens (tertiary/aromatic N) is 1. The Morgan fingerprint density at radius 2 is 0.909 bits per heavy atom. The summed E-state index contributed by atoms with van der Waals surface area (Å²) in [6.07, 6.45) is -4.35. The number of alkyl halides is 1. The summed E-state index contributed by atoms with van der Waals surface area (Å²) in [6.45, 7) is -0.219. The highest BCUT2D eigenvalue weighted by molar-refractivity contribution is 5.49. The molecular formula is C47H39FN2O5. The molecule has 2 heterocycles. The highest BCUT2D eigenvalue weighted by Crippen LogP contribution is 2.47. The van der Waals surface area contributed by atoms with Crippen LogP contribution in [0.4, 0.5) is 4.39 Å². The first kappa shape index (κ1) is 35.8. The molecule has 0 amide bonds. The second-order valence-electron chi connectivity index (χ2n) is 13.5. The van der Waals surface area contributed by atoms with E-state index in [2.05, 4.69) is 4.98 Å². The third-order valence-corrected chi connectivity index (χ3v) is 10.2. The lowest BCUT2D eigenvalue weighted by molar-refractivity contribution is -0.121. The van der Waals surface area contributed by atoms with Crippen molar-refractivity contribution in [2.24, 2.45) is 0 Å². The van der Waals surface area contributed by atoms with Crippen molar-refractivity contribution in [1.82, 2.24) is 9.55 Å². The summed E-state index contributed by atoms with van der Waals surface area (Å²) in [5.74, 6) is 0. The molecule has 274 valence electrons. The summed E-state index contributed by atoms with van der Waals surface area (Å²) >= 11 is 0. The Labute approximate surface area is 318 Å². The number of aromatic nitrogens is 2. The van der Waals surface area contributed by atoms with Gasteiger partial charge in [0.25, 0.3) is 5.56 Å². The highest BCUT2D eigenvalue weighted by Gasteiger charge is 2.53. The molecule has 0 aliphatic carbocycles. The van der Waals surface area contributed by atoms with Crippen LogP contribution >= 0.6 is 0 Å². The normalized spacial score (nSPS) is 18.6. The van der Waals surface area contributed by atoms with E-state index in [-0.39, 0.29) is 6.61 Å². The van der Waals surface area contributed by atoms with Gasteiger partial charge in [0.15, 0.2) is 12.4 Å². The summed E-state index contributed by atoms with van der Waals surface area (Å²) < 4.78 is 39.8. The first-order valence-electron chi connectivity index (χ1n) is 18.3. The molecule has 0 bridgehead atoms. The largest absolute Gasteiger partial charge is 0.358 e. The average molecular weight is 731 g/mol. The number of rotatable bonds is 12. The maximum absolute atomic E-state index is 17.7. The van der Waals surface area contributed by atoms with E-state index >= 15 is 4.39 Å². The molecule has 1 N–H and O–H groups in total. The van der Waals surface area contributed by atoms with Gasteiger partial charge in [-0.15, -0.1) is 0 Å². The van der Waals surface area contributed by atoms with Gasteiger partial charge < -0.3 is 14.2 Å². The Hall–Kier alpha value is -6.19. The molecule has 0 radical (unpaired) electrons. The van der Waals surface area contributed by atoms with Gasteiger partial charge in [0.1, 0.15) is 23.4 Å². The zero-order valence-electron chi connectivity index (χ0n) is 29.9. The predicted molar refractivity (Wildman–Crippen MR) is 209 cm³/mol. The molecule has 1 saturated heterocycles. The molecule has 1 aromatic heterocycles. The van der Waals surface area contributed by atoms with Gasteiger partial charge in [-0.05, 0) is 33.4 Å². The maximum atomic E-state index is 17.7. The predicted octanol–water partition coefficient (Wildman–Crippen LogP) is 8.16. The van der Waals surface area contributed by atoms with Gasteiger partial charge >= 0.3 is 5.69 Å². The van der Waals surface area contributed by atoms with Gasteiger partial charge in [-0.1, -0.05) is 182 Å². The van der Waals surface area contributed by atoms with Crippen molar-refractivity contribution >= 4 is 0 Å². The van der Waals surface area contributed by atoms with Gasteiger partial charge in [-0.2, -0.15) is 0 Å². The lowest BCUT2D eigenvalue weighted by Gasteiger charge is -2.39. The lowest BCUT2D eigenvalue weighted by atomic mass is 9.79. The summed E-state index contributed by atoms with van der Waals surface area (Å²) in [4.78, 5) is 28.0. The van der Waals surface area contributed by atoms with E-state index in [1.165, 1.54) is 16.8 Å². The number of hydrogen-bond acceptors (Lipinski definition) is 5. The first-order valence-corrected chi connectivity index (χ1v) is 18.3. The molecule has 4 atom stereocenters. The average Bonchev–Trinajstić information content (AvgIpc) is 3.55. The second-order valence-corrected chi connectivity index (χ2v) is 13.5. The van der Waals surface area contributed by atoms with Crippen LogP contribution in [0.3, 0.4) is 0 Å². The fourth-order valence-corrected chi connectivity index (χ4v) is 7.71. The summed E-state index contributed by atoms with van der Waals surface area (Å²) in [5.41, 5.74) is 0.960. The van der Waals surface area contributed by atoms with Crippen molar-refractivity contribution < 1.29 is 18.6 Å². The zero-order chi connectivity index (χ0) is 37.7. The monoisotopic (exact) mass is 730 g/mol. The fourth-order valence-electron chi connectivity index (χ4n) is 7.71. The Kier molecular flexibility index (Phi) is 10.2. The van der Waals surface area contributed by atoms with Crippen LogP contribution < -0.4 is 11.2 Å². The topological polar surface area (TPSA) is 82.5 Å². The summed E-state index contributed by atoms with van der Waals surface area (Å²) in [6, 6.07) is 59.5. The van der Waals surface area contributed by atoms with Crippen molar-refractivity contribution in [3.05, 3.63) is 248 Å². The van der Waals surface area contributed by atoms with E-state index in [0.717, 1.165) is 33.4 Å². The van der Waals surface area contributed by atoms with Crippen LogP contribution in [0.5, 0.6) is 0 Å². The van der Waals surface area contributed by atoms with Gasteiger partial charge in [0.05, 0.1) is 6.61 Å². The van der Waals surface area contributed by atoms with Crippen molar-refractivity contribution in [1.29, 1.82) is 0 Å².